The minimum Gasteiger partial charge on any atom is -0.0610 e. The summed E-state index contributed by atoms with van der Waals surface area (Å²) in [5.74, 6) is 2.93. The van der Waals surface area contributed by atoms with Gasteiger partial charge in [-0.25, -0.2) is 0 Å². The molecule has 0 radical (unpaired) electrons. The Hall–Kier alpha value is -2.34. The molecule has 0 atom stereocenters. The van der Waals surface area contributed by atoms with E-state index in [1.54, 1.807) is 0 Å². The third-order valence-electron chi connectivity index (χ3n) is 8.14. The molecule has 0 heterocycles. The smallest absolute Gasteiger partial charge is 0.0111 e. The molecule has 0 aliphatic carbocycles. The summed E-state index contributed by atoms with van der Waals surface area (Å²) in [4.78, 5) is 0. The zero-order valence-corrected chi connectivity index (χ0v) is 26.0. The fraction of sp³-hybridized carbons (Fsp3) is 0.514. The minimum atomic E-state index is 0.469. The molecule has 0 aliphatic heterocycles. The van der Waals surface area contributed by atoms with E-state index in [0.717, 1.165) is 0 Å². The Labute approximate surface area is 228 Å². The van der Waals surface area contributed by atoms with E-state index in [1.165, 1.54) is 61.2 Å². The van der Waals surface area contributed by atoms with Crippen molar-refractivity contribution in [2.24, 2.45) is 0 Å². The molecule has 200 valence electrons. The molecule has 0 unspecified atom stereocenters. The molecule has 0 aromatic heterocycles. The van der Waals surface area contributed by atoms with Crippen LogP contribution in [0.3, 0.4) is 0 Å². The first-order valence-corrected chi connectivity index (χ1v) is 14.7. The van der Waals surface area contributed by atoms with Gasteiger partial charge in [-0.05, 0) is 104 Å². The van der Waals surface area contributed by atoms with Gasteiger partial charge in [0.15, 0.2) is 0 Å². The lowest BCUT2D eigenvalue weighted by atomic mass is 9.77. The average molecular weight is 497 g/mol. The molecule has 3 aromatic carbocycles. The fourth-order valence-corrected chi connectivity index (χ4v) is 5.71. The molecule has 0 heteroatoms. The molecule has 3 aromatic rings. The summed E-state index contributed by atoms with van der Waals surface area (Å²) in [6, 6.07) is 17.0. The number of hydrogen-bond acceptors (Lipinski definition) is 0. The van der Waals surface area contributed by atoms with Crippen LogP contribution < -0.4 is 0 Å². The van der Waals surface area contributed by atoms with Gasteiger partial charge in [-0.1, -0.05) is 126 Å². The van der Waals surface area contributed by atoms with Gasteiger partial charge < -0.3 is 0 Å². The Morgan fingerprint density at radius 3 is 0.892 bits per heavy atom. The third-order valence-corrected chi connectivity index (χ3v) is 8.14. The molecule has 3 rings (SSSR count). The van der Waals surface area contributed by atoms with Gasteiger partial charge in [0.25, 0.3) is 0 Å². The highest BCUT2D eigenvalue weighted by atomic mass is 14.3. The highest BCUT2D eigenvalue weighted by Crippen LogP contribution is 2.45. The van der Waals surface area contributed by atoms with Crippen LogP contribution in [-0.4, -0.2) is 0 Å². The van der Waals surface area contributed by atoms with Crippen molar-refractivity contribution >= 4 is 0 Å². The Balaban J connectivity index is 2.44. The van der Waals surface area contributed by atoms with E-state index in [1.807, 2.05) is 0 Å². The van der Waals surface area contributed by atoms with Crippen molar-refractivity contribution in [1.82, 2.24) is 0 Å². The monoisotopic (exact) mass is 496 g/mol. The zero-order chi connectivity index (χ0) is 27.8. The van der Waals surface area contributed by atoms with Crippen LogP contribution in [0.5, 0.6) is 0 Å². The lowest BCUT2D eigenvalue weighted by Crippen LogP contribution is -2.06. The van der Waals surface area contributed by atoms with Gasteiger partial charge in [0.2, 0.25) is 0 Å². The maximum absolute atomic E-state index is 2.49. The molecule has 37 heavy (non-hydrogen) atoms. The second kappa shape index (κ2) is 11.6. The maximum atomic E-state index is 2.49. The molecule has 0 amide bonds. The summed E-state index contributed by atoms with van der Waals surface area (Å²) < 4.78 is 0. The number of hydrogen-bond donors (Lipinski definition) is 0. The molecule has 0 fully saturated rings. The molecular formula is C37H52. The molecule has 0 saturated carbocycles. The molecule has 0 N–H and O–H groups in total. The Morgan fingerprint density at radius 2 is 0.676 bits per heavy atom. The zero-order valence-electron chi connectivity index (χ0n) is 26.0. The van der Waals surface area contributed by atoms with Crippen molar-refractivity contribution in [2.75, 3.05) is 0 Å². The fourth-order valence-electron chi connectivity index (χ4n) is 5.71. The van der Waals surface area contributed by atoms with Crippen molar-refractivity contribution in [3.8, 4) is 22.3 Å². The van der Waals surface area contributed by atoms with E-state index in [4.69, 9.17) is 0 Å². The van der Waals surface area contributed by atoms with Crippen LogP contribution in [0.15, 0.2) is 42.5 Å². The summed E-state index contributed by atoms with van der Waals surface area (Å²) in [6.07, 6.45) is 0. The first kappa shape index (κ1) is 29.2. The molecule has 0 nitrogen and oxygen atoms in total. The lowest BCUT2D eigenvalue weighted by molar-refractivity contribution is 0.806. The van der Waals surface area contributed by atoms with Crippen molar-refractivity contribution < 1.29 is 0 Å². The predicted octanol–water partition coefficient (Wildman–Crippen LogP) is 12.1. The van der Waals surface area contributed by atoms with Crippen molar-refractivity contribution in [3.63, 3.8) is 0 Å². The first-order valence-electron chi connectivity index (χ1n) is 14.7. The third kappa shape index (κ3) is 5.89. The SMILES string of the molecule is Cc1c(-c2c(C(C)C)cc(C(C)C)cc2C(C)C)cccc1-c1c(C(C)C)cc(C(C)C)cc1C(C)C. The number of rotatable bonds is 8. The first-order chi connectivity index (χ1) is 17.3. The van der Waals surface area contributed by atoms with Crippen LogP contribution in [0, 0.1) is 6.92 Å². The normalized spacial score (nSPS) is 12.3. The van der Waals surface area contributed by atoms with Gasteiger partial charge in [0.05, 0.1) is 0 Å². The molecule has 0 aliphatic rings. The van der Waals surface area contributed by atoms with Gasteiger partial charge in [-0.15, -0.1) is 0 Å². The second-order valence-corrected chi connectivity index (χ2v) is 13.1. The minimum absolute atomic E-state index is 0.469. The van der Waals surface area contributed by atoms with E-state index in [9.17, 15) is 0 Å². The van der Waals surface area contributed by atoms with Gasteiger partial charge >= 0.3 is 0 Å². The van der Waals surface area contributed by atoms with Crippen LogP contribution in [0.2, 0.25) is 0 Å². The summed E-state index contributed by atoms with van der Waals surface area (Å²) >= 11 is 0. The average Bonchev–Trinajstić information content (AvgIpc) is 2.82. The van der Waals surface area contributed by atoms with Crippen LogP contribution in [-0.2, 0) is 0 Å². The summed E-state index contributed by atoms with van der Waals surface area (Å²) in [5, 5.41) is 0. The summed E-state index contributed by atoms with van der Waals surface area (Å²) in [7, 11) is 0. The molecule has 0 bridgehead atoms. The molecule has 0 saturated heterocycles. The quantitative estimate of drug-likeness (QED) is 0.291. The van der Waals surface area contributed by atoms with Crippen LogP contribution in [0.1, 0.15) is 158 Å². The van der Waals surface area contributed by atoms with Gasteiger partial charge in [-0.2, -0.15) is 0 Å². The Bertz CT molecular complexity index is 1080. The van der Waals surface area contributed by atoms with Crippen molar-refractivity contribution in [2.45, 2.75) is 126 Å². The standard InChI is InChI=1S/C37H52/c1-21(2)28-17-32(23(5)6)36(33(18-28)24(7)8)30-15-14-16-31(27(30)13)37-34(25(9)10)19-29(22(3)4)20-35(37)26(11)12/h14-26H,1-13H3. The van der Waals surface area contributed by atoms with E-state index in [2.05, 4.69) is 132 Å². The summed E-state index contributed by atoms with van der Waals surface area (Å²) in [5.41, 5.74) is 16.0. The van der Waals surface area contributed by atoms with Crippen LogP contribution in [0.4, 0.5) is 0 Å². The predicted molar refractivity (Wildman–Crippen MR) is 167 cm³/mol. The largest absolute Gasteiger partial charge is 0.0610 e. The highest BCUT2D eigenvalue weighted by molar-refractivity contribution is 5.85. The van der Waals surface area contributed by atoms with E-state index in [-0.39, 0.29) is 0 Å². The summed E-state index contributed by atoms with van der Waals surface area (Å²) in [6.45, 7) is 30.4. The molecular weight excluding hydrogens is 444 g/mol. The Morgan fingerprint density at radius 1 is 0.405 bits per heavy atom. The lowest BCUT2D eigenvalue weighted by Gasteiger charge is -2.27. The van der Waals surface area contributed by atoms with Gasteiger partial charge in [0.1, 0.15) is 0 Å². The maximum Gasteiger partial charge on any atom is -0.0111 e. The van der Waals surface area contributed by atoms with E-state index < -0.39 is 0 Å². The molecule has 0 spiro atoms. The number of benzene rings is 3. The van der Waals surface area contributed by atoms with Gasteiger partial charge in [0, 0.05) is 0 Å². The van der Waals surface area contributed by atoms with Crippen LogP contribution >= 0.6 is 0 Å². The van der Waals surface area contributed by atoms with Crippen LogP contribution in [0.25, 0.3) is 22.3 Å². The van der Waals surface area contributed by atoms with E-state index >= 15 is 0 Å². The van der Waals surface area contributed by atoms with Crippen molar-refractivity contribution in [3.05, 3.63) is 81.4 Å². The highest BCUT2D eigenvalue weighted by Gasteiger charge is 2.24. The van der Waals surface area contributed by atoms with E-state index in [0.29, 0.717) is 35.5 Å². The van der Waals surface area contributed by atoms with Crippen molar-refractivity contribution in [1.29, 1.82) is 0 Å². The second-order valence-electron chi connectivity index (χ2n) is 13.1. The topological polar surface area (TPSA) is 0 Å². The van der Waals surface area contributed by atoms with Gasteiger partial charge in [-0.3, -0.25) is 0 Å². The Kier molecular flexibility index (Phi) is 9.15.